The first kappa shape index (κ1) is 23.5. The topological polar surface area (TPSA) is 111 Å². The Morgan fingerprint density at radius 1 is 1.21 bits per heavy atom. The molecule has 158 valence electrons. The number of nitrogens with one attached hydrogen (secondary N) is 1. The molecular formula is C18H28N2O7S. The van der Waals surface area contributed by atoms with Crippen molar-refractivity contribution in [2.75, 3.05) is 26.5 Å². The zero-order valence-electron chi connectivity index (χ0n) is 16.9. The van der Waals surface area contributed by atoms with Crippen molar-refractivity contribution >= 4 is 22.1 Å². The highest BCUT2D eigenvalue weighted by Crippen LogP contribution is 2.30. The van der Waals surface area contributed by atoms with Crippen molar-refractivity contribution < 1.29 is 31.7 Å². The molecule has 10 heteroatoms. The zero-order chi connectivity index (χ0) is 21.3. The number of rotatable bonds is 10. The number of methoxy groups -OCH3 is 1. The monoisotopic (exact) mass is 416 g/mol. The fourth-order valence-electron chi connectivity index (χ4n) is 2.35. The molecule has 1 aromatic rings. The third-order valence-corrected chi connectivity index (χ3v) is 4.38. The Hall–Kier alpha value is -2.49. The predicted octanol–water partition coefficient (Wildman–Crippen LogP) is 1.91. The molecule has 0 bridgehead atoms. The van der Waals surface area contributed by atoms with Crippen LogP contribution in [-0.2, 0) is 26.2 Å². The van der Waals surface area contributed by atoms with E-state index >= 15 is 0 Å². The lowest BCUT2D eigenvalue weighted by Gasteiger charge is -2.29. The molecule has 1 atom stereocenters. The van der Waals surface area contributed by atoms with E-state index in [1.807, 2.05) is 13.8 Å². The fourth-order valence-corrected chi connectivity index (χ4v) is 2.81. The van der Waals surface area contributed by atoms with Gasteiger partial charge in [-0.15, -0.1) is 0 Å². The van der Waals surface area contributed by atoms with Crippen LogP contribution in [0.4, 0.5) is 4.79 Å². The maximum atomic E-state index is 12.5. The van der Waals surface area contributed by atoms with E-state index in [-0.39, 0.29) is 37.2 Å². The summed E-state index contributed by atoms with van der Waals surface area (Å²) in [6, 6.07) is 4.24. The van der Waals surface area contributed by atoms with Gasteiger partial charge in [-0.1, -0.05) is 13.0 Å². The molecule has 1 aromatic carbocycles. The maximum absolute atomic E-state index is 12.5. The third kappa shape index (κ3) is 7.63. The minimum atomic E-state index is -3.74. The van der Waals surface area contributed by atoms with Gasteiger partial charge in [0.15, 0.2) is 11.5 Å². The minimum Gasteiger partial charge on any atom is -0.493 e. The second-order valence-electron chi connectivity index (χ2n) is 6.12. The number of nitrogens with zero attached hydrogens (tertiary/aromatic N) is 1. The summed E-state index contributed by atoms with van der Waals surface area (Å²) in [6.45, 7) is 5.69. The molecule has 1 N–H and O–H groups in total. The van der Waals surface area contributed by atoms with Gasteiger partial charge in [-0.25, -0.2) is 4.79 Å². The van der Waals surface area contributed by atoms with Crippen molar-refractivity contribution in [1.82, 2.24) is 10.2 Å². The number of benzene rings is 1. The van der Waals surface area contributed by atoms with Crippen LogP contribution in [0.2, 0.25) is 0 Å². The molecule has 1 unspecified atom stereocenters. The van der Waals surface area contributed by atoms with Gasteiger partial charge in [0.25, 0.3) is 0 Å². The number of hydrogen-bond acceptors (Lipinski definition) is 7. The van der Waals surface area contributed by atoms with Crippen LogP contribution in [-0.4, -0.2) is 57.9 Å². The number of carbonyl (C=O) groups excluding carboxylic acids is 2. The molecule has 0 aromatic heterocycles. The van der Waals surface area contributed by atoms with Gasteiger partial charge in [0, 0.05) is 12.6 Å². The maximum Gasteiger partial charge on any atom is 0.325 e. The zero-order valence-corrected chi connectivity index (χ0v) is 17.7. The standard InChI is InChI=1S/C18H28N2O7S/c1-6-13(3)20(18(22)19-11-17(21)26-7-2)12-14-8-9-15(25-4)16(10-14)27-28(5,23)24/h8-10,13H,6-7,11-12H2,1-5H3,(H,19,22). The van der Waals surface area contributed by atoms with Crippen LogP contribution in [0.25, 0.3) is 0 Å². The molecule has 0 saturated carbocycles. The Labute approximate surface area is 166 Å². The highest BCUT2D eigenvalue weighted by molar-refractivity contribution is 7.86. The number of carbonyl (C=O) groups is 2. The van der Waals surface area contributed by atoms with Crippen molar-refractivity contribution in [3.63, 3.8) is 0 Å². The molecular weight excluding hydrogens is 388 g/mol. The lowest BCUT2D eigenvalue weighted by molar-refractivity contribution is -0.141. The van der Waals surface area contributed by atoms with Gasteiger partial charge in [0.05, 0.1) is 20.0 Å². The van der Waals surface area contributed by atoms with Gasteiger partial charge in [0.1, 0.15) is 6.54 Å². The quantitative estimate of drug-likeness (QED) is 0.458. The largest absolute Gasteiger partial charge is 0.493 e. The number of amides is 2. The lowest BCUT2D eigenvalue weighted by atomic mass is 10.1. The summed E-state index contributed by atoms with van der Waals surface area (Å²) in [4.78, 5) is 25.6. The second kappa shape index (κ2) is 10.7. The van der Waals surface area contributed by atoms with Gasteiger partial charge < -0.3 is 23.9 Å². The number of hydrogen-bond donors (Lipinski definition) is 1. The van der Waals surface area contributed by atoms with Gasteiger partial charge in [0.2, 0.25) is 0 Å². The predicted molar refractivity (Wildman–Crippen MR) is 104 cm³/mol. The summed E-state index contributed by atoms with van der Waals surface area (Å²) in [6.07, 6.45) is 1.63. The molecule has 0 saturated heterocycles. The van der Waals surface area contributed by atoms with Crippen LogP contribution in [0.5, 0.6) is 11.5 Å². The molecule has 1 rings (SSSR count). The smallest absolute Gasteiger partial charge is 0.325 e. The first-order valence-electron chi connectivity index (χ1n) is 8.87. The first-order valence-corrected chi connectivity index (χ1v) is 10.7. The number of esters is 1. The van der Waals surface area contributed by atoms with Gasteiger partial charge >= 0.3 is 22.1 Å². The van der Waals surface area contributed by atoms with E-state index in [4.69, 9.17) is 13.7 Å². The van der Waals surface area contributed by atoms with Gasteiger partial charge in [-0.2, -0.15) is 8.42 Å². The molecule has 0 fully saturated rings. The van der Waals surface area contributed by atoms with Crippen LogP contribution >= 0.6 is 0 Å². The molecule has 0 spiro atoms. The van der Waals surface area contributed by atoms with Crippen LogP contribution < -0.4 is 14.2 Å². The molecule has 0 aliphatic carbocycles. The Morgan fingerprint density at radius 3 is 2.43 bits per heavy atom. The summed E-state index contributed by atoms with van der Waals surface area (Å²) in [5.41, 5.74) is 0.644. The van der Waals surface area contributed by atoms with Crippen LogP contribution in [0, 0.1) is 0 Å². The fraction of sp³-hybridized carbons (Fsp3) is 0.556. The summed E-state index contributed by atoms with van der Waals surface area (Å²) in [5.74, 6) is -0.220. The summed E-state index contributed by atoms with van der Waals surface area (Å²) >= 11 is 0. The van der Waals surface area contributed by atoms with Crippen LogP contribution in [0.15, 0.2) is 18.2 Å². The molecule has 0 aliphatic rings. The Kier molecular flexibility index (Phi) is 9.04. The molecule has 2 amide bonds. The molecule has 0 heterocycles. The van der Waals surface area contributed by atoms with E-state index in [1.54, 1.807) is 24.0 Å². The Morgan fingerprint density at radius 2 is 1.89 bits per heavy atom. The van der Waals surface area contributed by atoms with E-state index in [1.165, 1.54) is 13.2 Å². The second-order valence-corrected chi connectivity index (χ2v) is 7.70. The molecule has 0 aliphatic heterocycles. The van der Waals surface area contributed by atoms with Gasteiger partial charge in [-0.05, 0) is 38.0 Å². The van der Waals surface area contributed by atoms with Crippen molar-refractivity contribution in [2.24, 2.45) is 0 Å². The summed E-state index contributed by atoms with van der Waals surface area (Å²) in [5, 5.41) is 2.54. The minimum absolute atomic E-state index is 0.0403. The average Bonchev–Trinajstić information content (AvgIpc) is 2.62. The summed E-state index contributed by atoms with van der Waals surface area (Å²) in [7, 11) is -2.34. The SMILES string of the molecule is CCOC(=O)CNC(=O)N(Cc1ccc(OC)c(OS(C)(=O)=O)c1)C(C)CC. The van der Waals surface area contributed by atoms with Crippen molar-refractivity contribution in [3.8, 4) is 11.5 Å². The van der Waals surface area contributed by atoms with Gasteiger partial charge in [-0.3, -0.25) is 4.79 Å². The number of urea groups is 1. The van der Waals surface area contributed by atoms with E-state index in [0.717, 1.165) is 6.26 Å². The Bertz CT molecular complexity index is 780. The van der Waals surface area contributed by atoms with Crippen molar-refractivity contribution in [2.45, 2.75) is 39.8 Å². The summed E-state index contributed by atoms with van der Waals surface area (Å²) < 4.78 is 37.8. The van der Waals surface area contributed by atoms with Crippen molar-refractivity contribution in [1.29, 1.82) is 0 Å². The normalized spacial score (nSPS) is 12.0. The van der Waals surface area contributed by atoms with E-state index < -0.39 is 22.1 Å². The van der Waals surface area contributed by atoms with Crippen LogP contribution in [0.3, 0.4) is 0 Å². The van der Waals surface area contributed by atoms with E-state index in [0.29, 0.717) is 12.0 Å². The van der Waals surface area contributed by atoms with E-state index in [2.05, 4.69) is 5.32 Å². The highest BCUT2D eigenvalue weighted by Gasteiger charge is 2.21. The highest BCUT2D eigenvalue weighted by atomic mass is 32.2. The Balaban J connectivity index is 3.01. The molecule has 0 radical (unpaired) electrons. The molecule has 28 heavy (non-hydrogen) atoms. The average molecular weight is 416 g/mol. The lowest BCUT2D eigenvalue weighted by Crippen LogP contribution is -2.46. The molecule has 9 nitrogen and oxygen atoms in total. The van der Waals surface area contributed by atoms with Crippen molar-refractivity contribution in [3.05, 3.63) is 23.8 Å². The van der Waals surface area contributed by atoms with Crippen LogP contribution in [0.1, 0.15) is 32.8 Å². The number of ether oxygens (including phenoxy) is 2. The third-order valence-electron chi connectivity index (χ3n) is 3.90. The van der Waals surface area contributed by atoms with E-state index in [9.17, 15) is 18.0 Å². The first-order chi connectivity index (χ1) is 13.1.